The van der Waals surface area contributed by atoms with E-state index in [0.717, 1.165) is 12.1 Å². The van der Waals surface area contributed by atoms with Gasteiger partial charge in [-0.1, -0.05) is 6.07 Å². The first-order valence-corrected chi connectivity index (χ1v) is 4.91. The second kappa shape index (κ2) is 5.16. The Balaban J connectivity index is 2.05. The zero-order valence-corrected chi connectivity index (χ0v) is 8.77. The van der Waals surface area contributed by atoms with Gasteiger partial charge in [-0.3, -0.25) is 10.4 Å². The fourth-order valence-corrected chi connectivity index (χ4v) is 1.20. The van der Waals surface area contributed by atoms with Gasteiger partial charge in [-0.15, -0.1) is 0 Å². The van der Waals surface area contributed by atoms with Crippen molar-refractivity contribution < 1.29 is 8.78 Å². The Morgan fingerprint density at radius 3 is 2.76 bits per heavy atom. The molecule has 0 fully saturated rings. The van der Waals surface area contributed by atoms with Crippen LogP contribution < -0.4 is 5.43 Å². The Labute approximate surface area is 96.8 Å². The minimum Gasteiger partial charge on any atom is -0.275 e. The molecule has 1 heterocycles. The first-order chi connectivity index (χ1) is 8.25. The molecule has 2 rings (SSSR count). The van der Waals surface area contributed by atoms with Crippen molar-refractivity contribution in [3.63, 3.8) is 0 Å². The van der Waals surface area contributed by atoms with Crippen LogP contribution in [0.15, 0.2) is 47.7 Å². The van der Waals surface area contributed by atoms with Gasteiger partial charge in [0.2, 0.25) is 0 Å². The van der Waals surface area contributed by atoms with Crippen molar-refractivity contribution in [1.82, 2.24) is 4.98 Å². The van der Waals surface area contributed by atoms with Crippen molar-refractivity contribution in [1.29, 1.82) is 0 Å². The summed E-state index contributed by atoms with van der Waals surface area (Å²) in [6, 6.07) is 8.57. The summed E-state index contributed by atoms with van der Waals surface area (Å²) >= 11 is 0. The van der Waals surface area contributed by atoms with E-state index in [2.05, 4.69) is 15.5 Å². The summed E-state index contributed by atoms with van der Waals surface area (Å²) in [4.78, 5) is 4.00. The Bertz CT molecular complexity index is 527. The molecule has 86 valence electrons. The maximum atomic E-state index is 13.2. The smallest absolute Gasteiger partial charge is 0.151 e. The Morgan fingerprint density at radius 2 is 2.06 bits per heavy atom. The fourth-order valence-electron chi connectivity index (χ4n) is 1.20. The second-order valence-electron chi connectivity index (χ2n) is 3.25. The Morgan fingerprint density at radius 1 is 1.18 bits per heavy atom. The summed E-state index contributed by atoms with van der Waals surface area (Å²) in [5.41, 5.74) is 3.23. The summed E-state index contributed by atoms with van der Waals surface area (Å²) in [7, 11) is 0. The third kappa shape index (κ3) is 3.07. The van der Waals surface area contributed by atoms with E-state index in [9.17, 15) is 8.78 Å². The highest BCUT2D eigenvalue weighted by Crippen LogP contribution is 2.14. The summed E-state index contributed by atoms with van der Waals surface area (Å²) in [6.45, 7) is 0. The van der Waals surface area contributed by atoms with E-state index < -0.39 is 11.6 Å². The average molecular weight is 233 g/mol. The average Bonchev–Trinajstić information content (AvgIpc) is 2.33. The maximum absolute atomic E-state index is 13.2. The molecule has 3 nitrogen and oxygen atoms in total. The molecule has 17 heavy (non-hydrogen) atoms. The summed E-state index contributed by atoms with van der Waals surface area (Å²) in [5, 5.41) is 3.80. The van der Waals surface area contributed by atoms with Crippen LogP contribution in [0.25, 0.3) is 0 Å². The highest BCUT2D eigenvalue weighted by Gasteiger charge is 2.01. The molecule has 0 aliphatic heterocycles. The molecule has 0 bridgehead atoms. The number of hydrogen-bond acceptors (Lipinski definition) is 3. The normalized spacial score (nSPS) is 10.7. The molecule has 0 unspecified atom stereocenters. The van der Waals surface area contributed by atoms with Gasteiger partial charge in [0.05, 0.1) is 17.6 Å². The number of halogens is 2. The van der Waals surface area contributed by atoms with Gasteiger partial charge in [0.15, 0.2) is 5.82 Å². The molecular weight excluding hydrogens is 224 g/mol. The number of benzene rings is 1. The van der Waals surface area contributed by atoms with Crippen LogP contribution >= 0.6 is 0 Å². The van der Waals surface area contributed by atoms with Gasteiger partial charge < -0.3 is 0 Å². The molecule has 1 N–H and O–H groups in total. The zero-order valence-electron chi connectivity index (χ0n) is 8.77. The van der Waals surface area contributed by atoms with Crippen LogP contribution in [0.4, 0.5) is 14.5 Å². The van der Waals surface area contributed by atoms with Gasteiger partial charge in [-0.2, -0.15) is 5.10 Å². The van der Waals surface area contributed by atoms with Crippen molar-refractivity contribution >= 4 is 11.9 Å². The molecule has 0 aliphatic rings. The lowest BCUT2D eigenvalue weighted by atomic mass is 10.3. The lowest BCUT2D eigenvalue weighted by Crippen LogP contribution is -1.95. The zero-order chi connectivity index (χ0) is 12.1. The number of rotatable bonds is 3. The van der Waals surface area contributed by atoms with Gasteiger partial charge >= 0.3 is 0 Å². The molecule has 0 radical (unpaired) electrons. The van der Waals surface area contributed by atoms with E-state index in [4.69, 9.17) is 0 Å². The van der Waals surface area contributed by atoms with E-state index in [1.807, 2.05) is 6.07 Å². The molecule has 1 aromatic carbocycles. The molecule has 0 spiro atoms. The van der Waals surface area contributed by atoms with Crippen LogP contribution in [0, 0.1) is 11.6 Å². The fraction of sp³-hybridized carbons (Fsp3) is 0. The molecular formula is C12H9F2N3. The van der Waals surface area contributed by atoms with Crippen molar-refractivity contribution in [3.8, 4) is 0 Å². The third-order valence-electron chi connectivity index (χ3n) is 2.00. The quantitative estimate of drug-likeness (QED) is 0.653. The van der Waals surface area contributed by atoms with E-state index in [1.165, 1.54) is 12.3 Å². The van der Waals surface area contributed by atoms with E-state index in [-0.39, 0.29) is 5.69 Å². The number of anilines is 1. The van der Waals surface area contributed by atoms with Crippen LogP contribution in [-0.4, -0.2) is 11.2 Å². The molecule has 0 aliphatic carbocycles. The third-order valence-corrected chi connectivity index (χ3v) is 2.00. The SMILES string of the molecule is Fc1ccc(N/N=C/c2ccccn2)c(F)c1. The van der Waals surface area contributed by atoms with Crippen molar-refractivity contribution in [3.05, 3.63) is 59.9 Å². The van der Waals surface area contributed by atoms with Gasteiger partial charge in [-0.25, -0.2) is 8.78 Å². The first-order valence-electron chi connectivity index (χ1n) is 4.91. The standard InChI is InChI=1S/C12H9F2N3/c13-9-4-5-12(11(14)7-9)17-16-8-10-3-1-2-6-15-10/h1-8,17H/b16-8+. The summed E-state index contributed by atoms with van der Waals surface area (Å²) in [5.74, 6) is -1.31. The molecule has 2 aromatic rings. The van der Waals surface area contributed by atoms with Gasteiger partial charge in [0.25, 0.3) is 0 Å². The number of nitrogens with one attached hydrogen (secondary N) is 1. The number of pyridine rings is 1. The van der Waals surface area contributed by atoms with Crippen molar-refractivity contribution in [2.75, 3.05) is 5.43 Å². The predicted molar refractivity (Wildman–Crippen MR) is 61.8 cm³/mol. The van der Waals surface area contributed by atoms with E-state index in [0.29, 0.717) is 5.69 Å². The van der Waals surface area contributed by atoms with Crippen LogP contribution in [0.3, 0.4) is 0 Å². The molecule has 1 aromatic heterocycles. The lowest BCUT2D eigenvalue weighted by Gasteiger charge is -2.01. The molecule has 0 atom stereocenters. The molecule has 0 amide bonds. The van der Waals surface area contributed by atoms with Crippen LogP contribution in [0.2, 0.25) is 0 Å². The lowest BCUT2D eigenvalue weighted by molar-refractivity contribution is 0.585. The number of hydrogen-bond donors (Lipinski definition) is 1. The number of aromatic nitrogens is 1. The van der Waals surface area contributed by atoms with Crippen molar-refractivity contribution in [2.45, 2.75) is 0 Å². The minimum absolute atomic E-state index is 0.110. The van der Waals surface area contributed by atoms with E-state index in [1.54, 1.807) is 18.3 Å². The van der Waals surface area contributed by atoms with E-state index >= 15 is 0 Å². The van der Waals surface area contributed by atoms with Gasteiger partial charge in [-0.05, 0) is 24.3 Å². The van der Waals surface area contributed by atoms with Crippen LogP contribution in [0.1, 0.15) is 5.69 Å². The summed E-state index contributed by atoms with van der Waals surface area (Å²) in [6.07, 6.45) is 3.07. The summed E-state index contributed by atoms with van der Waals surface area (Å²) < 4.78 is 25.8. The Hall–Kier alpha value is -2.30. The van der Waals surface area contributed by atoms with Crippen LogP contribution in [0.5, 0.6) is 0 Å². The molecule has 5 heteroatoms. The van der Waals surface area contributed by atoms with Gasteiger partial charge in [0, 0.05) is 12.3 Å². The highest BCUT2D eigenvalue weighted by atomic mass is 19.1. The monoisotopic (exact) mass is 233 g/mol. The number of nitrogens with zero attached hydrogens (tertiary/aromatic N) is 2. The number of hydrazone groups is 1. The largest absolute Gasteiger partial charge is 0.275 e. The first kappa shape index (κ1) is 11.2. The Kier molecular flexibility index (Phi) is 3.40. The topological polar surface area (TPSA) is 37.3 Å². The predicted octanol–water partition coefficient (Wildman–Crippen LogP) is 2.81. The molecule has 0 saturated carbocycles. The minimum atomic E-state index is -0.692. The molecule has 0 saturated heterocycles. The maximum Gasteiger partial charge on any atom is 0.151 e. The highest BCUT2D eigenvalue weighted by molar-refractivity contribution is 5.77. The van der Waals surface area contributed by atoms with Gasteiger partial charge in [0.1, 0.15) is 5.82 Å². The van der Waals surface area contributed by atoms with Crippen molar-refractivity contribution in [2.24, 2.45) is 5.10 Å². The second-order valence-corrected chi connectivity index (χ2v) is 3.25. The van der Waals surface area contributed by atoms with Crippen LogP contribution in [-0.2, 0) is 0 Å².